The predicted octanol–water partition coefficient (Wildman–Crippen LogP) is 1.50. The van der Waals surface area contributed by atoms with Gasteiger partial charge in [0.05, 0.1) is 6.10 Å². The number of hydrogen-bond acceptors (Lipinski definition) is 5. The fourth-order valence-electron chi connectivity index (χ4n) is 1.95. The number of hydrogen-bond donors (Lipinski definition) is 2. The van der Waals surface area contributed by atoms with Gasteiger partial charge in [0.25, 0.3) is 0 Å². The Labute approximate surface area is 108 Å². The first-order valence-electron chi connectivity index (χ1n) is 5.97. The fraction of sp³-hybridized carbons (Fsp3) is 0.636. The number of aliphatic hydroxyl groups excluding tert-OH is 1. The number of rotatable bonds is 2. The van der Waals surface area contributed by atoms with Gasteiger partial charge in [-0.3, -0.25) is 0 Å². The predicted molar refractivity (Wildman–Crippen MR) is 64.0 cm³/mol. The summed E-state index contributed by atoms with van der Waals surface area (Å²) >= 11 is 0. The van der Waals surface area contributed by atoms with Gasteiger partial charge in [-0.2, -0.15) is 18.2 Å². The highest BCUT2D eigenvalue weighted by Gasteiger charge is 2.34. The number of alkyl halides is 3. The quantitative estimate of drug-likeness (QED) is 0.857. The Balaban J connectivity index is 2.29. The van der Waals surface area contributed by atoms with Crippen molar-refractivity contribution in [1.29, 1.82) is 0 Å². The van der Waals surface area contributed by atoms with E-state index in [1.807, 2.05) is 0 Å². The second kappa shape index (κ2) is 5.20. The second-order valence-electron chi connectivity index (χ2n) is 4.40. The van der Waals surface area contributed by atoms with Gasteiger partial charge in [-0.05, 0) is 12.8 Å². The molecule has 2 heterocycles. The smallest absolute Gasteiger partial charge is 0.393 e. The van der Waals surface area contributed by atoms with Crippen LogP contribution < -0.4 is 10.2 Å². The van der Waals surface area contributed by atoms with Crippen LogP contribution in [0.1, 0.15) is 18.5 Å². The first kappa shape index (κ1) is 13.9. The molecule has 0 radical (unpaired) electrons. The highest BCUT2D eigenvalue weighted by Crippen LogP contribution is 2.31. The molecule has 1 saturated heterocycles. The van der Waals surface area contributed by atoms with Crippen molar-refractivity contribution in [2.24, 2.45) is 0 Å². The highest BCUT2D eigenvalue weighted by atomic mass is 19.4. The van der Waals surface area contributed by atoms with E-state index >= 15 is 0 Å². The zero-order valence-corrected chi connectivity index (χ0v) is 10.4. The molecule has 5 nitrogen and oxygen atoms in total. The molecule has 8 heteroatoms. The average Bonchev–Trinajstić information content (AvgIpc) is 2.38. The van der Waals surface area contributed by atoms with E-state index < -0.39 is 11.9 Å². The average molecular weight is 276 g/mol. The van der Waals surface area contributed by atoms with Crippen molar-refractivity contribution in [2.45, 2.75) is 25.1 Å². The molecule has 0 aromatic carbocycles. The molecule has 106 valence electrons. The largest absolute Gasteiger partial charge is 0.433 e. The first-order chi connectivity index (χ1) is 8.90. The molecule has 2 rings (SSSR count). The molecule has 1 aromatic rings. The van der Waals surface area contributed by atoms with E-state index in [-0.39, 0.29) is 17.9 Å². The van der Waals surface area contributed by atoms with E-state index in [1.165, 1.54) is 7.05 Å². The number of piperidine rings is 1. The lowest BCUT2D eigenvalue weighted by Gasteiger charge is -2.30. The van der Waals surface area contributed by atoms with Gasteiger partial charge < -0.3 is 15.3 Å². The molecule has 1 aliphatic rings. The number of nitrogens with one attached hydrogen (secondary N) is 1. The van der Waals surface area contributed by atoms with E-state index in [0.717, 1.165) is 6.07 Å². The number of anilines is 2. The SMILES string of the molecule is CNc1nc(N2CCC(O)CC2)cc(C(F)(F)F)n1. The summed E-state index contributed by atoms with van der Waals surface area (Å²) < 4.78 is 38.2. The molecule has 0 bridgehead atoms. The van der Waals surface area contributed by atoms with Crippen molar-refractivity contribution in [2.75, 3.05) is 30.4 Å². The number of aromatic nitrogens is 2. The monoisotopic (exact) mass is 276 g/mol. The molecule has 0 saturated carbocycles. The maximum absolute atomic E-state index is 12.7. The minimum atomic E-state index is -4.50. The van der Waals surface area contributed by atoms with Crippen LogP contribution in [-0.4, -0.2) is 41.3 Å². The van der Waals surface area contributed by atoms with Gasteiger partial charge in [0, 0.05) is 26.2 Å². The Morgan fingerprint density at radius 1 is 1.32 bits per heavy atom. The van der Waals surface area contributed by atoms with Gasteiger partial charge in [0.15, 0.2) is 5.69 Å². The lowest BCUT2D eigenvalue weighted by Crippen LogP contribution is -2.36. The summed E-state index contributed by atoms with van der Waals surface area (Å²) in [5.41, 5.74) is -0.965. The normalized spacial score (nSPS) is 17.6. The third kappa shape index (κ3) is 3.25. The standard InChI is InChI=1S/C11H15F3N4O/c1-15-10-16-8(11(12,13)14)6-9(17-10)18-4-2-7(19)3-5-18/h6-7,19H,2-5H2,1H3,(H,15,16,17). The topological polar surface area (TPSA) is 61.3 Å². The Bertz CT molecular complexity index is 444. The van der Waals surface area contributed by atoms with Crippen LogP contribution in [-0.2, 0) is 6.18 Å². The zero-order chi connectivity index (χ0) is 14.0. The Hall–Kier alpha value is -1.57. The van der Waals surface area contributed by atoms with E-state index in [1.54, 1.807) is 4.90 Å². The summed E-state index contributed by atoms with van der Waals surface area (Å²) in [4.78, 5) is 9.17. The molecule has 0 amide bonds. The van der Waals surface area contributed by atoms with E-state index in [2.05, 4.69) is 15.3 Å². The molecule has 0 spiro atoms. The Kier molecular flexibility index (Phi) is 3.79. The van der Waals surface area contributed by atoms with E-state index in [9.17, 15) is 18.3 Å². The van der Waals surface area contributed by atoms with Crippen LogP contribution in [0.25, 0.3) is 0 Å². The van der Waals surface area contributed by atoms with Gasteiger partial charge in [-0.15, -0.1) is 0 Å². The summed E-state index contributed by atoms with van der Waals surface area (Å²) in [6, 6.07) is 0.943. The van der Waals surface area contributed by atoms with Gasteiger partial charge in [0.1, 0.15) is 5.82 Å². The maximum Gasteiger partial charge on any atom is 0.433 e. The minimum Gasteiger partial charge on any atom is -0.393 e. The summed E-state index contributed by atoms with van der Waals surface area (Å²) in [7, 11) is 1.47. The van der Waals surface area contributed by atoms with Crippen molar-refractivity contribution in [3.05, 3.63) is 11.8 Å². The molecule has 1 aromatic heterocycles. The number of halogens is 3. The van der Waals surface area contributed by atoms with E-state index in [0.29, 0.717) is 25.9 Å². The fourth-order valence-corrected chi connectivity index (χ4v) is 1.95. The molecule has 0 aliphatic carbocycles. The van der Waals surface area contributed by atoms with Crippen LogP contribution in [0.15, 0.2) is 6.07 Å². The number of aliphatic hydroxyl groups is 1. The molecule has 0 unspecified atom stereocenters. The third-order valence-electron chi connectivity index (χ3n) is 3.02. The van der Waals surface area contributed by atoms with Crippen molar-refractivity contribution in [3.8, 4) is 0 Å². The first-order valence-corrected chi connectivity index (χ1v) is 5.97. The molecule has 1 fully saturated rings. The van der Waals surface area contributed by atoms with Gasteiger partial charge in [0.2, 0.25) is 5.95 Å². The molecule has 2 N–H and O–H groups in total. The second-order valence-corrected chi connectivity index (χ2v) is 4.40. The molecule has 0 atom stereocenters. The van der Waals surface area contributed by atoms with Crippen molar-refractivity contribution >= 4 is 11.8 Å². The zero-order valence-electron chi connectivity index (χ0n) is 10.4. The molecule has 1 aliphatic heterocycles. The van der Waals surface area contributed by atoms with Gasteiger partial charge in [-0.25, -0.2) is 4.98 Å². The lowest BCUT2D eigenvalue weighted by atomic mass is 10.1. The van der Waals surface area contributed by atoms with Crippen LogP contribution in [0, 0.1) is 0 Å². The van der Waals surface area contributed by atoms with E-state index in [4.69, 9.17) is 0 Å². The summed E-state index contributed by atoms with van der Waals surface area (Å²) in [6.07, 6.45) is -3.83. The molecule has 19 heavy (non-hydrogen) atoms. The van der Waals surface area contributed by atoms with Gasteiger partial charge in [-0.1, -0.05) is 0 Å². The summed E-state index contributed by atoms with van der Waals surface area (Å²) in [5, 5.41) is 11.9. The van der Waals surface area contributed by atoms with Crippen LogP contribution in [0.3, 0.4) is 0 Å². The van der Waals surface area contributed by atoms with Crippen molar-refractivity contribution in [1.82, 2.24) is 9.97 Å². The van der Waals surface area contributed by atoms with Crippen LogP contribution in [0.5, 0.6) is 0 Å². The number of nitrogens with zero attached hydrogens (tertiary/aromatic N) is 3. The maximum atomic E-state index is 12.7. The highest BCUT2D eigenvalue weighted by molar-refractivity contribution is 5.45. The summed E-state index contributed by atoms with van der Waals surface area (Å²) in [6.45, 7) is 0.970. The lowest BCUT2D eigenvalue weighted by molar-refractivity contribution is -0.141. The summed E-state index contributed by atoms with van der Waals surface area (Å²) in [5.74, 6) is 0.175. The third-order valence-corrected chi connectivity index (χ3v) is 3.02. The van der Waals surface area contributed by atoms with Crippen LogP contribution in [0.4, 0.5) is 24.9 Å². The van der Waals surface area contributed by atoms with Crippen LogP contribution >= 0.6 is 0 Å². The molecular weight excluding hydrogens is 261 g/mol. The van der Waals surface area contributed by atoms with Gasteiger partial charge >= 0.3 is 6.18 Å². The van der Waals surface area contributed by atoms with Crippen molar-refractivity contribution in [3.63, 3.8) is 0 Å². The Morgan fingerprint density at radius 3 is 2.47 bits per heavy atom. The Morgan fingerprint density at radius 2 is 1.95 bits per heavy atom. The van der Waals surface area contributed by atoms with Crippen molar-refractivity contribution < 1.29 is 18.3 Å². The molecular formula is C11H15F3N4O. The van der Waals surface area contributed by atoms with Crippen LogP contribution in [0.2, 0.25) is 0 Å². The minimum absolute atomic E-state index is 0.0593.